The third kappa shape index (κ3) is 5.42. The van der Waals surface area contributed by atoms with Crippen molar-refractivity contribution in [2.75, 3.05) is 12.0 Å². The van der Waals surface area contributed by atoms with Crippen molar-refractivity contribution in [1.29, 1.82) is 5.26 Å². The highest BCUT2D eigenvalue weighted by atomic mass is 32.1. The van der Waals surface area contributed by atoms with Gasteiger partial charge in [-0.1, -0.05) is 12.6 Å². The highest BCUT2D eigenvalue weighted by molar-refractivity contribution is 7.19. The zero-order chi connectivity index (χ0) is 31.3. The molecular formula is C31H35N5O5S. The molecule has 3 heterocycles. The molecule has 1 aromatic carbocycles. The molecule has 4 rings (SSSR count). The maximum atomic E-state index is 13.9. The Morgan fingerprint density at radius 3 is 2.14 bits per heavy atom. The number of aryl methyl sites for hydroxylation is 2. The molecule has 0 aliphatic rings. The number of anilines is 1. The van der Waals surface area contributed by atoms with Gasteiger partial charge in [-0.15, -0.1) is 11.3 Å². The first-order valence-corrected chi connectivity index (χ1v) is 14.1. The normalized spacial score (nSPS) is 11.8. The molecule has 11 heteroatoms. The minimum Gasteiger partial charge on any atom is -0.496 e. The minimum atomic E-state index is -1.000. The van der Waals surface area contributed by atoms with Gasteiger partial charge in [0.05, 0.1) is 33.7 Å². The van der Waals surface area contributed by atoms with Crippen molar-refractivity contribution in [3.8, 4) is 17.5 Å². The van der Waals surface area contributed by atoms with Gasteiger partial charge >= 0.3 is 12.2 Å². The summed E-state index contributed by atoms with van der Waals surface area (Å²) in [6, 6.07) is 5.96. The first kappa shape index (κ1) is 30.5. The number of carbonyl (C=O) groups is 2. The van der Waals surface area contributed by atoms with Crippen LogP contribution in [0.15, 0.2) is 18.7 Å². The lowest BCUT2D eigenvalue weighted by Crippen LogP contribution is -2.45. The van der Waals surface area contributed by atoms with Gasteiger partial charge in [0.1, 0.15) is 28.6 Å². The summed E-state index contributed by atoms with van der Waals surface area (Å²) in [5, 5.41) is 11.9. The minimum absolute atomic E-state index is 0.0266. The summed E-state index contributed by atoms with van der Waals surface area (Å²) in [6.07, 6.45) is -0.470. The molecule has 0 saturated heterocycles. The zero-order valence-electron chi connectivity index (χ0n) is 25.6. The number of nitriles is 1. The fraction of sp³-hybridized carbons (Fsp3) is 0.387. The number of amides is 2. The molecular weight excluding hydrogens is 554 g/mol. The number of pyridine rings is 1. The highest BCUT2D eigenvalue weighted by Gasteiger charge is 2.40. The van der Waals surface area contributed by atoms with Crippen LogP contribution >= 0.6 is 11.3 Å². The molecule has 0 unspecified atom stereocenters. The van der Waals surface area contributed by atoms with Crippen molar-refractivity contribution in [2.24, 2.45) is 0 Å². The van der Waals surface area contributed by atoms with E-state index in [-0.39, 0.29) is 11.4 Å². The van der Waals surface area contributed by atoms with Crippen molar-refractivity contribution >= 4 is 56.7 Å². The van der Waals surface area contributed by atoms with Gasteiger partial charge < -0.3 is 14.2 Å². The van der Waals surface area contributed by atoms with Crippen molar-refractivity contribution in [2.45, 2.75) is 73.5 Å². The third-order valence-electron chi connectivity index (χ3n) is 6.26. The first-order valence-electron chi connectivity index (χ1n) is 13.3. The van der Waals surface area contributed by atoms with Gasteiger partial charge in [-0.3, -0.25) is 4.57 Å². The fourth-order valence-corrected chi connectivity index (χ4v) is 5.67. The number of benzene rings is 1. The number of fused-ring (bicyclic) bond motifs is 3. The summed E-state index contributed by atoms with van der Waals surface area (Å²) < 4.78 is 19.5. The zero-order valence-corrected chi connectivity index (χ0v) is 26.4. The number of hydrogen-bond donors (Lipinski definition) is 0. The summed E-state index contributed by atoms with van der Waals surface area (Å²) in [7, 11) is 1.56. The predicted molar refractivity (Wildman–Crippen MR) is 165 cm³/mol. The van der Waals surface area contributed by atoms with Crippen LogP contribution in [-0.4, -0.2) is 45.0 Å². The Morgan fingerprint density at radius 2 is 1.64 bits per heavy atom. The van der Waals surface area contributed by atoms with Crippen LogP contribution in [0.3, 0.4) is 0 Å². The lowest BCUT2D eigenvalue weighted by Gasteiger charge is -2.30. The van der Waals surface area contributed by atoms with Crippen molar-refractivity contribution in [3.63, 3.8) is 0 Å². The molecule has 0 N–H and O–H groups in total. The number of nitrogens with zero attached hydrogens (tertiary/aromatic N) is 5. The molecule has 0 bridgehead atoms. The summed E-state index contributed by atoms with van der Waals surface area (Å²) in [6.45, 7) is 19.7. The number of thiazole rings is 1. The standard InChI is InChI=1S/C31H35N5O5S/c1-12-20-22-19(15-32)27(36(28(37)40-30(5,6)7)29(38)41-31(8,9)10)35(23-16(2)13-14-21(39-11)17(23)3)24(22)25-26(34-20)33-18(4)42-25/h12-14H,1H2,2-11H3. The molecule has 0 atom stereocenters. The number of aromatic nitrogens is 3. The summed E-state index contributed by atoms with van der Waals surface area (Å²) in [4.78, 5) is 38.0. The lowest BCUT2D eigenvalue weighted by molar-refractivity contribution is 0.0428. The molecule has 2 amide bonds. The Bertz CT molecular complexity index is 1770. The average molecular weight is 590 g/mol. The molecule has 10 nitrogen and oxygen atoms in total. The fourth-order valence-electron chi connectivity index (χ4n) is 4.77. The third-order valence-corrected chi connectivity index (χ3v) is 7.22. The molecule has 0 fully saturated rings. The molecule has 0 spiro atoms. The second-order valence-electron chi connectivity index (χ2n) is 11.8. The number of imide groups is 1. The molecule has 0 aliphatic carbocycles. The largest absolute Gasteiger partial charge is 0.496 e. The molecule has 3 aromatic heterocycles. The van der Waals surface area contributed by atoms with Crippen molar-refractivity contribution in [1.82, 2.24) is 14.5 Å². The van der Waals surface area contributed by atoms with Crippen LogP contribution in [0.5, 0.6) is 5.75 Å². The number of carbonyl (C=O) groups excluding carboxylic acids is 2. The van der Waals surface area contributed by atoms with Gasteiger partial charge in [-0.05, 0) is 80.0 Å². The van der Waals surface area contributed by atoms with E-state index in [4.69, 9.17) is 14.2 Å². The Kier molecular flexibility index (Phi) is 7.82. The maximum Gasteiger partial charge on any atom is 0.425 e. The van der Waals surface area contributed by atoms with Crippen LogP contribution in [0.4, 0.5) is 15.4 Å². The van der Waals surface area contributed by atoms with E-state index in [1.165, 1.54) is 17.4 Å². The van der Waals surface area contributed by atoms with Crippen LogP contribution in [0.25, 0.3) is 33.0 Å². The van der Waals surface area contributed by atoms with E-state index in [1.54, 1.807) is 53.2 Å². The molecule has 220 valence electrons. The first-order chi connectivity index (χ1) is 19.5. The Morgan fingerprint density at radius 1 is 1.05 bits per heavy atom. The molecule has 4 aromatic rings. The van der Waals surface area contributed by atoms with E-state index < -0.39 is 23.4 Å². The van der Waals surface area contributed by atoms with E-state index in [2.05, 4.69) is 22.6 Å². The maximum absolute atomic E-state index is 13.9. The molecule has 0 aliphatic heterocycles. The second kappa shape index (κ2) is 10.8. The van der Waals surface area contributed by atoms with Gasteiger partial charge in [-0.25, -0.2) is 19.6 Å². The van der Waals surface area contributed by atoms with Gasteiger partial charge in [0, 0.05) is 10.9 Å². The number of ether oxygens (including phenoxy) is 3. The van der Waals surface area contributed by atoms with E-state index in [0.717, 1.165) is 21.0 Å². The number of hydrogen-bond acceptors (Lipinski definition) is 9. The number of rotatable bonds is 4. The summed E-state index contributed by atoms with van der Waals surface area (Å²) in [5.41, 5.74) is 1.62. The summed E-state index contributed by atoms with van der Waals surface area (Å²) in [5.74, 6) is 0.539. The predicted octanol–water partition coefficient (Wildman–Crippen LogP) is 7.76. The van der Waals surface area contributed by atoms with Crippen molar-refractivity contribution < 1.29 is 23.8 Å². The molecule has 0 saturated carbocycles. The van der Waals surface area contributed by atoms with E-state index in [1.807, 2.05) is 32.9 Å². The smallest absolute Gasteiger partial charge is 0.425 e. The highest BCUT2D eigenvalue weighted by Crippen LogP contribution is 2.45. The Balaban J connectivity index is 2.33. The van der Waals surface area contributed by atoms with Gasteiger partial charge in [0.15, 0.2) is 11.5 Å². The van der Waals surface area contributed by atoms with Gasteiger partial charge in [0.25, 0.3) is 0 Å². The Labute approximate surface area is 249 Å². The topological polar surface area (TPSA) is 120 Å². The summed E-state index contributed by atoms with van der Waals surface area (Å²) >= 11 is 1.39. The second-order valence-corrected chi connectivity index (χ2v) is 13.0. The average Bonchev–Trinajstić information content (AvgIpc) is 3.38. The van der Waals surface area contributed by atoms with Gasteiger partial charge in [-0.2, -0.15) is 10.2 Å². The van der Waals surface area contributed by atoms with E-state index >= 15 is 0 Å². The van der Waals surface area contributed by atoms with Crippen LogP contribution < -0.4 is 9.64 Å². The quantitative estimate of drug-likeness (QED) is 0.237. The van der Waals surface area contributed by atoms with Crippen LogP contribution in [0.2, 0.25) is 0 Å². The van der Waals surface area contributed by atoms with E-state index in [0.29, 0.717) is 38.4 Å². The van der Waals surface area contributed by atoms with Gasteiger partial charge in [0.2, 0.25) is 0 Å². The van der Waals surface area contributed by atoms with E-state index in [9.17, 15) is 14.9 Å². The van der Waals surface area contributed by atoms with Crippen LogP contribution in [0, 0.1) is 32.1 Å². The Hall–Kier alpha value is -4.43. The van der Waals surface area contributed by atoms with Crippen LogP contribution in [0.1, 0.15) is 68.9 Å². The SMILES string of the molecule is C=Cc1nc2nc(C)sc2c2c1c(C#N)c(N(C(=O)OC(C)(C)C)C(=O)OC(C)(C)C)n2-c1c(C)ccc(OC)c1C. The molecule has 0 radical (unpaired) electrons. The lowest BCUT2D eigenvalue weighted by atomic mass is 10.1. The monoisotopic (exact) mass is 589 g/mol. The molecule has 42 heavy (non-hydrogen) atoms. The number of methoxy groups -OCH3 is 1. The van der Waals surface area contributed by atoms with Crippen molar-refractivity contribution in [3.05, 3.63) is 46.1 Å². The van der Waals surface area contributed by atoms with Crippen LogP contribution in [-0.2, 0) is 9.47 Å².